The van der Waals surface area contributed by atoms with Crippen LogP contribution in [0.2, 0.25) is 0 Å². The highest BCUT2D eigenvalue weighted by molar-refractivity contribution is 7.18. The van der Waals surface area contributed by atoms with Gasteiger partial charge in [0.15, 0.2) is 5.82 Å². The fourth-order valence-corrected chi connectivity index (χ4v) is 3.83. The molecule has 138 valence electrons. The molecule has 0 aliphatic heterocycles. The summed E-state index contributed by atoms with van der Waals surface area (Å²) in [7, 11) is 0. The molecule has 4 rings (SSSR count). The second-order valence-corrected chi connectivity index (χ2v) is 7.02. The molecular formula is C19H15F2N3O2S. The Hall–Kier alpha value is -2.87. The summed E-state index contributed by atoms with van der Waals surface area (Å²) in [4.78, 5) is 20.6. The SMILES string of the molecule is O=C(CCc1nc2ccccc2s1)OCc1nc2ccccc2n1C(F)F. The van der Waals surface area contributed by atoms with Gasteiger partial charge in [0.05, 0.1) is 32.7 Å². The van der Waals surface area contributed by atoms with Crippen molar-refractivity contribution in [3.8, 4) is 0 Å². The number of thiazole rings is 1. The zero-order chi connectivity index (χ0) is 18.8. The number of halogens is 2. The van der Waals surface area contributed by atoms with Crippen LogP contribution in [0.3, 0.4) is 0 Å². The van der Waals surface area contributed by atoms with Crippen molar-refractivity contribution in [1.82, 2.24) is 14.5 Å². The number of nitrogens with zero attached hydrogens (tertiary/aromatic N) is 3. The Bertz CT molecular complexity index is 1070. The molecule has 2 aromatic heterocycles. The Morgan fingerprint density at radius 2 is 1.81 bits per heavy atom. The molecule has 8 heteroatoms. The van der Waals surface area contributed by atoms with E-state index in [2.05, 4.69) is 9.97 Å². The lowest BCUT2D eigenvalue weighted by atomic mass is 10.3. The van der Waals surface area contributed by atoms with Crippen molar-refractivity contribution in [3.63, 3.8) is 0 Å². The van der Waals surface area contributed by atoms with E-state index < -0.39 is 12.5 Å². The van der Waals surface area contributed by atoms with Gasteiger partial charge in [-0.3, -0.25) is 9.36 Å². The molecule has 4 aromatic rings. The number of para-hydroxylation sites is 3. The molecule has 0 aliphatic carbocycles. The normalized spacial score (nSPS) is 11.5. The first-order valence-corrected chi connectivity index (χ1v) is 9.17. The second kappa shape index (κ2) is 7.40. The fraction of sp³-hybridized carbons (Fsp3) is 0.211. The third kappa shape index (κ3) is 3.66. The smallest absolute Gasteiger partial charge is 0.320 e. The van der Waals surface area contributed by atoms with Gasteiger partial charge in [-0.1, -0.05) is 24.3 Å². The van der Waals surface area contributed by atoms with Crippen molar-refractivity contribution in [3.05, 3.63) is 59.4 Å². The number of hydrogen-bond acceptors (Lipinski definition) is 5. The number of benzene rings is 2. The number of ether oxygens (including phenoxy) is 1. The summed E-state index contributed by atoms with van der Waals surface area (Å²) in [5.41, 5.74) is 1.66. The van der Waals surface area contributed by atoms with Gasteiger partial charge in [0.1, 0.15) is 6.61 Å². The Balaban J connectivity index is 1.40. The molecular weight excluding hydrogens is 372 g/mol. The van der Waals surface area contributed by atoms with E-state index in [-0.39, 0.29) is 18.9 Å². The van der Waals surface area contributed by atoms with E-state index in [1.807, 2.05) is 24.3 Å². The average Bonchev–Trinajstić information content (AvgIpc) is 3.25. The molecule has 0 atom stereocenters. The zero-order valence-electron chi connectivity index (χ0n) is 14.1. The molecule has 0 saturated heterocycles. The van der Waals surface area contributed by atoms with Crippen molar-refractivity contribution in [2.45, 2.75) is 26.0 Å². The van der Waals surface area contributed by atoms with Crippen LogP contribution in [0, 0.1) is 0 Å². The maximum atomic E-state index is 13.4. The standard InChI is InChI=1S/C19H15F2N3O2S/c20-19(21)24-14-7-3-1-5-12(14)22-16(24)11-26-18(25)10-9-17-23-13-6-2-4-8-15(13)27-17/h1-8,19H,9-11H2. The second-order valence-electron chi connectivity index (χ2n) is 5.90. The van der Waals surface area contributed by atoms with E-state index in [1.165, 1.54) is 11.3 Å². The highest BCUT2D eigenvalue weighted by Crippen LogP contribution is 2.24. The monoisotopic (exact) mass is 387 g/mol. The van der Waals surface area contributed by atoms with Crippen LogP contribution in [0.25, 0.3) is 21.3 Å². The number of carbonyl (C=O) groups is 1. The maximum absolute atomic E-state index is 13.4. The van der Waals surface area contributed by atoms with Gasteiger partial charge in [-0.2, -0.15) is 8.78 Å². The third-order valence-electron chi connectivity index (χ3n) is 4.11. The molecule has 27 heavy (non-hydrogen) atoms. The van der Waals surface area contributed by atoms with Gasteiger partial charge >= 0.3 is 12.5 Å². The van der Waals surface area contributed by atoms with Crippen LogP contribution < -0.4 is 0 Å². The molecule has 0 bridgehead atoms. The van der Waals surface area contributed by atoms with Gasteiger partial charge in [0.2, 0.25) is 0 Å². The van der Waals surface area contributed by atoms with Crippen molar-refractivity contribution in [2.75, 3.05) is 0 Å². The number of alkyl halides is 2. The number of imidazole rings is 1. The largest absolute Gasteiger partial charge is 0.457 e. The zero-order valence-corrected chi connectivity index (χ0v) is 15.0. The van der Waals surface area contributed by atoms with Gasteiger partial charge in [-0.25, -0.2) is 9.97 Å². The average molecular weight is 387 g/mol. The van der Waals surface area contributed by atoms with Crippen LogP contribution in [0.4, 0.5) is 8.78 Å². The number of carbonyl (C=O) groups excluding carboxylic acids is 1. The molecule has 2 aromatic carbocycles. The first kappa shape index (κ1) is 17.5. The van der Waals surface area contributed by atoms with Crippen molar-refractivity contribution in [2.24, 2.45) is 0 Å². The summed E-state index contributed by atoms with van der Waals surface area (Å²) in [6.07, 6.45) is 0.582. The predicted octanol–water partition coefficient (Wildman–Crippen LogP) is 4.72. The van der Waals surface area contributed by atoms with Crippen LogP contribution in [-0.4, -0.2) is 20.5 Å². The number of aryl methyl sites for hydroxylation is 1. The number of esters is 1. The highest BCUT2D eigenvalue weighted by atomic mass is 32.1. The minimum atomic E-state index is -2.76. The lowest BCUT2D eigenvalue weighted by Gasteiger charge is -2.08. The van der Waals surface area contributed by atoms with Crippen LogP contribution in [0.5, 0.6) is 0 Å². The minimum absolute atomic E-state index is 0.0273. The van der Waals surface area contributed by atoms with Crippen LogP contribution in [0.1, 0.15) is 23.8 Å². The van der Waals surface area contributed by atoms with Crippen molar-refractivity contribution >= 4 is 38.6 Å². The molecule has 0 saturated carbocycles. The predicted molar refractivity (Wildman–Crippen MR) is 98.7 cm³/mol. The van der Waals surface area contributed by atoms with Gasteiger partial charge in [-0.15, -0.1) is 11.3 Å². The summed E-state index contributed by atoms with van der Waals surface area (Å²) >= 11 is 1.53. The number of aromatic nitrogens is 3. The number of fused-ring (bicyclic) bond motifs is 2. The highest BCUT2D eigenvalue weighted by Gasteiger charge is 2.18. The summed E-state index contributed by atoms with van der Waals surface area (Å²) in [5, 5.41) is 0.841. The first-order valence-electron chi connectivity index (χ1n) is 8.36. The van der Waals surface area contributed by atoms with Crippen LogP contribution in [0.15, 0.2) is 48.5 Å². The van der Waals surface area contributed by atoms with Crippen molar-refractivity contribution < 1.29 is 18.3 Å². The molecule has 0 radical (unpaired) electrons. The molecule has 5 nitrogen and oxygen atoms in total. The van der Waals surface area contributed by atoms with Crippen LogP contribution in [-0.2, 0) is 22.6 Å². The minimum Gasteiger partial charge on any atom is -0.457 e. The van der Waals surface area contributed by atoms with Gasteiger partial charge in [-0.05, 0) is 24.3 Å². The molecule has 0 aliphatic rings. The molecule has 0 amide bonds. The Morgan fingerprint density at radius 1 is 1.07 bits per heavy atom. The topological polar surface area (TPSA) is 57.0 Å². The summed E-state index contributed by atoms with van der Waals surface area (Å²) < 4.78 is 33.7. The molecule has 0 spiro atoms. The molecule has 0 unspecified atom stereocenters. The summed E-state index contributed by atoms with van der Waals surface area (Å²) in [6.45, 7) is -3.05. The van der Waals surface area contributed by atoms with E-state index in [9.17, 15) is 13.6 Å². The van der Waals surface area contributed by atoms with Gasteiger partial charge < -0.3 is 4.74 Å². The molecule has 0 fully saturated rings. The van der Waals surface area contributed by atoms with E-state index in [0.717, 1.165) is 19.8 Å². The Morgan fingerprint density at radius 3 is 2.59 bits per heavy atom. The Kier molecular flexibility index (Phi) is 4.81. The fourth-order valence-electron chi connectivity index (χ4n) is 2.87. The molecule has 2 heterocycles. The maximum Gasteiger partial charge on any atom is 0.320 e. The van der Waals surface area contributed by atoms with Gasteiger partial charge in [0, 0.05) is 6.42 Å². The van der Waals surface area contributed by atoms with Gasteiger partial charge in [0.25, 0.3) is 0 Å². The van der Waals surface area contributed by atoms with E-state index in [1.54, 1.807) is 24.3 Å². The Labute approximate surface area is 157 Å². The third-order valence-corrected chi connectivity index (χ3v) is 5.20. The number of hydrogen-bond donors (Lipinski definition) is 0. The quantitative estimate of drug-likeness (QED) is 0.449. The molecule has 0 N–H and O–H groups in total. The lowest BCUT2D eigenvalue weighted by molar-refractivity contribution is -0.145. The van der Waals surface area contributed by atoms with Crippen LogP contribution >= 0.6 is 11.3 Å². The lowest BCUT2D eigenvalue weighted by Crippen LogP contribution is -2.11. The van der Waals surface area contributed by atoms with E-state index in [0.29, 0.717) is 17.5 Å². The van der Waals surface area contributed by atoms with E-state index >= 15 is 0 Å². The first-order chi connectivity index (χ1) is 13.1. The van der Waals surface area contributed by atoms with E-state index in [4.69, 9.17) is 4.74 Å². The summed E-state index contributed by atoms with van der Waals surface area (Å²) in [5.74, 6) is -0.443. The van der Waals surface area contributed by atoms with Crippen molar-refractivity contribution in [1.29, 1.82) is 0 Å². The number of rotatable bonds is 6. The summed E-state index contributed by atoms with van der Waals surface area (Å²) in [6, 6.07) is 14.3.